The molecule has 0 aliphatic heterocycles. The molecular formula is C20H23BrO4. The van der Waals surface area contributed by atoms with E-state index < -0.39 is 17.3 Å². The molecule has 0 bridgehead atoms. The molecule has 0 amide bonds. The number of ether oxygens (including phenoxy) is 2. The van der Waals surface area contributed by atoms with E-state index in [1.54, 1.807) is 44.8 Å². The van der Waals surface area contributed by atoms with Crippen LogP contribution in [0.5, 0.6) is 0 Å². The summed E-state index contributed by atoms with van der Waals surface area (Å²) < 4.78 is 10.8. The third-order valence-electron chi connectivity index (χ3n) is 4.14. The lowest BCUT2D eigenvalue weighted by Crippen LogP contribution is -2.26. The molecule has 1 aromatic rings. The number of allylic oxidation sites excluding steroid dienone is 1. The first-order chi connectivity index (χ1) is 12.0. The van der Waals surface area contributed by atoms with Crippen molar-refractivity contribution in [2.24, 2.45) is 0 Å². The van der Waals surface area contributed by atoms with Gasteiger partial charge in [-0.05, 0) is 35.4 Å². The molecule has 0 spiro atoms. The number of hydrogen-bond acceptors (Lipinski definition) is 4. The van der Waals surface area contributed by atoms with Crippen molar-refractivity contribution in [1.82, 2.24) is 0 Å². The van der Waals surface area contributed by atoms with Crippen LogP contribution in [0.3, 0.4) is 0 Å². The highest BCUT2D eigenvalue weighted by molar-refractivity contribution is 9.09. The Morgan fingerprint density at radius 1 is 1.16 bits per heavy atom. The SMILES string of the molecule is CO/C=C\C(/C=C\CBr)(OC)c1ccc(C2(O)C=CC(O)C=C2)cc1. The maximum absolute atomic E-state index is 10.7. The highest BCUT2D eigenvalue weighted by atomic mass is 79.9. The van der Waals surface area contributed by atoms with Gasteiger partial charge in [-0.2, -0.15) is 0 Å². The van der Waals surface area contributed by atoms with Crippen molar-refractivity contribution in [2.75, 3.05) is 19.5 Å². The predicted octanol–water partition coefficient (Wildman–Crippen LogP) is 3.31. The van der Waals surface area contributed by atoms with Crippen LogP contribution in [0.25, 0.3) is 0 Å². The van der Waals surface area contributed by atoms with E-state index in [1.165, 1.54) is 0 Å². The van der Waals surface area contributed by atoms with Gasteiger partial charge in [0.25, 0.3) is 0 Å². The van der Waals surface area contributed by atoms with Crippen LogP contribution >= 0.6 is 15.9 Å². The summed E-state index contributed by atoms with van der Waals surface area (Å²) >= 11 is 3.38. The summed E-state index contributed by atoms with van der Waals surface area (Å²) in [4.78, 5) is 0. The first-order valence-corrected chi connectivity index (χ1v) is 9.01. The van der Waals surface area contributed by atoms with Crippen LogP contribution in [-0.4, -0.2) is 35.9 Å². The van der Waals surface area contributed by atoms with E-state index in [-0.39, 0.29) is 0 Å². The van der Waals surface area contributed by atoms with Gasteiger partial charge in [0.1, 0.15) is 11.2 Å². The lowest BCUT2D eigenvalue weighted by atomic mass is 9.86. The molecule has 1 aromatic carbocycles. The summed E-state index contributed by atoms with van der Waals surface area (Å²) in [6.07, 6.45) is 13.0. The Kier molecular flexibility index (Phi) is 6.79. The lowest BCUT2D eigenvalue weighted by molar-refractivity contribution is 0.0698. The molecule has 25 heavy (non-hydrogen) atoms. The molecule has 0 fully saturated rings. The molecule has 1 aliphatic carbocycles. The number of halogens is 1. The minimum atomic E-state index is -1.22. The van der Waals surface area contributed by atoms with E-state index in [0.29, 0.717) is 10.9 Å². The number of benzene rings is 1. The summed E-state index contributed by atoms with van der Waals surface area (Å²) in [6.45, 7) is 0. The van der Waals surface area contributed by atoms with E-state index in [9.17, 15) is 10.2 Å². The molecule has 4 nitrogen and oxygen atoms in total. The van der Waals surface area contributed by atoms with E-state index in [4.69, 9.17) is 9.47 Å². The monoisotopic (exact) mass is 406 g/mol. The smallest absolute Gasteiger partial charge is 0.132 e. The number of hydrogen-bond donors (Lipinski definition) is 2. The summed E-state index contributed by atoms with van der Waals surface area (Å²) in [5.41, 5.74) is -0.376. The van der Waals surface area contributed by atoms with Gasteiger partial charge in [-0.15, -0.1) is 0 Å². The molecule has 1 unspecified atom stereocenters. The maximum atomic E-state index is 10.7. The van der Waals surface area contributed by atoms with Gasteiger partial charge < -0.3 is 19.7 Å². The Bertz CT molecular complexity index is 645. The van der Waals surface area contributed by atoms with Crippen molar-refractivity contribution in [2.45, 2.75) is 17.3 Å². The average Bonchev–Trinajstić information content (AvgIpc) is 2.65. The summed E-state index contributed by atoms with van der Waals surface area (Å²) in [5, 5.41) is 20.9. The quantitative estimate of drug-likeness (QED) is 0.414. The third-order valence-corrected chi connectivity index (χ3v) is 4.51. The fourth-order valence-corrected chi connectivity index (χ4v) is 2.88. The number of alkyl halides is 1. The third kappa shape index (κ3) is 4.50. The Morgan fingerprint density at radius 3 is 2.32 bits per heavy atom. The van der Waals surface area contributed by atoms with Crippen LogP contribution in [-0.2, 0) is 20.7 Å². The largest absolute Gasteiger partial charge is 0.505 e. The van der Waals surface area contributed by atoms with Gasteiger partial charge in [0.2, 0.25) is 0 Å². The van der Waals surface area contributed by atoms with Crippen LogP contribution in [0.2, 0.25) is 0 Å². The molecule has 0 heterocycles. The number of methoxy groups -OCH3 is 2. The van der Waals surface area contributed by atoms with Crippen molar-refractivity contribution in [3.05, 3.63) is 84.2 Å². The van der Waals surface area contributed by atoms with Gasteiger partial charge in [0, 0.05) is 12.4 Å². The fraction of sp³-hybridized carbons (Fsp3) is 0.300. The molecule has 5 heteroatoms. The Hall–Kier alpha value is -1.66. The zero-order valence-electron chi connectivity index (χ0n) is 14.3. The highest BCUT2D eigenvalue weighted by Crippen LogP contribution is 2.33. The molecule has 0 aromatic heterocycles. The van der Waals surface area contributed by atoms with Gasteiger partial charge in [-0.3, -0.25) is 0 Å². The zero-order valence-corrected chi connectivity index (χ0v) is 15.9. The summed E-state index contributed by atoms with van der Waals surface area (Å²) in [7, 11) is 3.22. The van der Waals surface area contributed by atoms with Crippen LogP contribution in [0, 0.1) is 0 Å². The Balaban J connectivity index is 2.38. The molecule has 0 saturated heterocycles. The van der Waals surface area contributed by atoms with E-state index in [0.717, 1.165) is 5.56 Å². The second-order valence-electron chi connectivity index (χ2n) is 5.70. The zero-order chi connectivity index (χ0) is 18.3. The molecule has 2 N–H and O–H groups in total. The summed E-state index contributed by atoms with van der Waals surface area (Å²) in [6, 6.07) is 7.50. The number of aliphatic hydroxyl groups is 2. The molecular weight excluding hydrogens is 384 g/mol. The summed E-state index contributed by atoms with van der Waals surface area (Å²) in [5.74, 6) is 0. The molecule has 1 aliphatic rings. The first-order valence-electron chi connectivity index (χ1n) is 7.89. The average molecular weight is 407 g/mol. The van der Waals surface area contributed by atoms with Gasteiger partial charge in [0.05, 0.1) is 19.5 Å². The van der Waals surface area contributed by atoms with Crippen molar-refractivity contribution < 1.29 is 19.7 Å². The van der Waals surface area contributed by atoms with E-state index in [2.05, 4.69) is 15.9 Å². The molecule has 0 saturated carbocycles. The molecule has 0 radical (unpaired) electrons. The van der Waals surface area contributed by atoms with Crippen LogP contribution in [0.15, 0.2) is 73.1 Å². The van der Waals surface area contributed by atoms with Gasteiger partial charge in [0.15, 0.2) is 0 Å². The number of aliphatic hydroxyl groups excluding tert-OH is 1. The van der Waals surface area contributed by atoms with Gasteiger partial charge >= 0.3 is 0 Å². The number of rotatable bonds is 7. The van der Waals surface area contributed by atoms with Crippen LogP contribution in [0.4, 0.5) is 0 Å². The van der Waals surface area contributed by atoms with Crippen molar-refractivity contribution in [1.29, 1.82) is 0 Å². The van der Waals surface area contributed by atoms with Crippen molar-refractivity contribution in [3.63, 3.8) is 0 Å². The molecule has 1 atom stereocenters. The minimum Gasteiger partial charge on any atom is -0.505 e. The highest BCUT2D eigenvalue weighted by Gasteiger charge is 2.29. The second kappa shape index (κ2) is 8.63. The standard InChI is InChI=1S/C20H23BrO4/c1-24-15-13-20(25-2,10-3-14-21)17-6-4-16(5-7-17)19(23)11-8-18(22)9-12-19/h3-13,15,18,22-23H,14H2,1-2H3/b10-3-,15-13-. The van der Waals surface area contributed by atoms with Crippen LogP contribution in [0.1, 0.15) is 11.1 Å². The van der Waals surface area contributed by atoms with Crippen molar-refractivity contribution >= 4 is 15.9 Å². The molecule has 134 valence electrons. The minimum absolute atomic E-state index is 0.658. The van der Waals surface area contributed by atoms with Gasteiger partial charge in [-0.25, -0.2) is 0 Å². The van der Waals surface area contributed by atoms with Gasteiger partial charge in [-0.1, -0.05) is 58.4 Å². The normalized spacial score (nSPS) is 25.6. The molecule has 2 rings (SSSR count). The predicted molar refractivity (Wildman–Crippen MR) is 102 cm³/mol. The Labute approximate surface area is 156 Å². The fourth-order valence-electron chi connectivity index (χ4n) is 2.69. The Morgan fingerprint density at radius 2 is 1.80 bits per heavy atom. The lowest BCUT2D eigenvalue weighted by Gasteiger charge is -2.28. The van der Waals surface area contributed by atoms with E-state index >= 15 is 0 Å². The van der Waals surface area contributed by atoms with Crippen LogP contribution < -0.4 is 0 Å². The second-order valence-corrected chi connectivity index (χ2v) is 6.35. The topological polar surface area (TPSA) is 58.9 Å². The maximum Gasteiger partial charge on any atom is 0.132 e. The van der Waals surface area contributed by atoms with E-state index in [1.807, 2.05) is 42.5 Å². The first kappa shape index (κ1) is 19.7. The van der Waals surface area contributed by atoms with Crippen molar-refractivity contribution in [3.8, 4) is 0 Å².